The van der Waals surface area contributed by atoms with Gasteiger partial charge in [-0.05, 0) is 35.7 Å². The molecular weight excluding hydrogens is 360 g/mol. The van der Waals surface area contributed by atoms with E-state index in [1.165, 1.54) is 5.56 Å². The van der Waals surface area contributed by atoms with Crippen LogP contribution in [0, 0.1) is 0 Å². The highest BCUT2D eigenvalue weighted by molar-refractivity contribution is 5.99. The first kappa shape index (κ1) is 18.6. The molecule has 0 saturated heterocycles. The van der Waals surface area contributed by atoms with E-state index in [-0.39, 0.29) is 6.03 Å². The van der Waals surface area contributed by atoms with Gasteiger partial charge in [0.05, 0.1) is 11.2 Å². The van der Waals surface area contributed by atoms with E-state index < -0.39 is 0 Å². The van der Waals surface area contributed by atoms with E-state index in [1.807, 2.05) is 65.6 Å². The van der Waals surface area contributed by atoms with Gasteiger partial charge in [0.2, 0.25) is 0 Å². The summed E-state index contributed by atoms with van der Waals surface area (Å²) < 4.78 is 0. The molecule has 2 heterocycles. The molecule has 0 bridgehead atoms. The number of para-hydroxylation sites is 1. The number of urea groups is 1. The maximum Gasteiger partial charge on any atom is 0.322 e. The molecule has 5 nitrogen and oxygen atoms in total. The van der Waals surface area contributed by atoms with Crippen LogP contribution in [0.3, 0.4) is 0 Å². The van der Waals surface area contributed by atoms with Gasteiger partial charge in [0.1, 0.15) is 0 Å². The Hall–Kier alpha value is -3.73. The van der Waals surface area contributed by atoms with Gasteiger partial charge >= 0.3 is 6.03 Å². The number of nitrogens with one attached hydrogen (secondary N) is 1. The van der Waals surface area contributed by atoms with Crippen LogP contribution in [0.2, 0.25) is 0 Å². The maximum absolute atomic E-state index is 13.1. The van der Waals surface area contributed by atoms with Crippen LogP contribution in [-0.2, 0) is 13.0 Å². The Morgan fingerprint density at radius 2 is 1.66 bits per heavy atom. The third-order valence-corrected chi connectivity index (χ3v) is 4.77. The Balaban J connectivity index is 1.54. The summed E-state index contributed by atoms with van der Waals surface area (Å²) in [6.07, 6.45) is 6.05. The minimum atomic E-state index is -0.150. The number of carbonyl (C=O) groups excluding carboxylic acids is 1. The molecule has 0 unspecified atom stereocenters. The van der Waals surface area contributed by atoms with Crippen molar-refractivity contribution in [2.45, 2.75) is 13.0 Å². The summed E-state index contributed by atoms with van der Waals surface area (Å²) >= 11 is 0. The fourth-order valence-corrected chi connectivity index (χ4v) is 3.27. The topological polar surface area (TPSA) is 58.1 Å². The first-order chi connectivity index (χ1) is 14.3. The zero-order chi connectivity index (χ0) is 19.9. The zero-order valence-corrected chi connectivity index (χ0v) is 16.0. The lowest BCUT2D eigenvalue weighted by Crippen LogP contribution is -2.36. The summed E-state index contributed by atoms with van der Waals surface area (Å²) in [6, 6.07) is 23.6. The minimum Gasteiger partial charge on any atom is -0.320 e. The van der Waals surface area contributed by atoms with Gasteiger partial charge in [-0.15, -0.1) is 0 Å². The molecule has 0 spiro atoms. The Morgan fingerprint density at radius 1 is 0.862 bits per heavy atom. The number of pyridine rings is 2. The van der Waals surface area contributed by atoms with Gasteiger partial charge < -0.3 is 10.2 Å². The molecule has 0 aliphatic heterocycles. The number of hydrogen-bond donors (Lipinski definition) is 1. The molecule has 2 aromatic carbocycles. The van der Waals surface area contributed by atoms with Crippen molar-refractivity contribution in [2.24, 2.45) is 0 Å². The Labute approximate surface area is 170 Å². The average molecular weight is 382 g/mol. The predicted molar refractivity (Wildman–Crippen MR) is 116 cm³/mol. The molecular formula is C24H22N4O. The molecule has 0 aliphatic carbocycles. The van der Waals surface area contributed by atoms with Gasteiger partial charge in [-0.1, -0.05) is 54.6 Å². The standard InChI is InChI=1S/C24H22N4O/c29-24(27-22-12-4-10-21-11-6-15-26-23(21)22)28(18-20-9-5-14-25-17-20)16-13-19-7-2-1-3-8-19/h1-12,14-15,17H,13,16,18H2,(H,27,29). The largest absolute Gasteiger partial charge is 0.322 e. The first-order valence-corrected chi connectivity index (χ1v) is 9.62. The maximum atomic E-state index is 13.1. The third kappa shape index (κ3) is 4.76. The summed E-state index contributed by atoms with van der Waals surface area (Å²) in [5, 5.41) is 4.04. The van der Waals surface area contributed by atoms with Crippen molar-refractivity contribution in [3.63, 3.8) is 0 Å². The number of fused-ring (bicyclic) bond motifs is 1. The molecule has 1 N–H and O–H groups in total. The fourth-order valence-electron chi connectivity index (χ4n) is 3.27. The van der Waals surface area contributed by atoms with Crippen LogP contribution in [0.5, 0.6) is 0 Å². The second kappa shape index (κ2) is 8.97. The normalized spacial score (nSPS) is 10.6. The molecule has 4 rings (SSSR count). The van der Waals surface area contributed by atoms with Gasteiger partial charge in [-0.25, -0.2) is 4.79 Å². The van der Waals surface area contributed by atoms with Crippen molar-refractivity contribution in [2.75, 3.05) is 11.9 Å². The summed E-state index contributed by atoms with van der Waals surface area (Å²) in [4.78, 5) is 23.6. The Bertz CT molecular complexity index is 1080. The summed E-state index contributed by atoms with van der Waals surface area (Å²) in [7, 11) is 0. The molecule has 0 atom stereocenters. The zero-order valence-electron chi connectivity index (χ0n) is 16.0. The van der Waals surface area contributed by atoms with Gasteiger partial charge in [0.25, 0.3) is 0 Å². The van der Waals surface area contributed by atoms with Crippen molar-refractivity contribution in [1.82, 2.24) is 14.9 Å². The van der Waals surface area contributed by atoms with Gasteiger partial charge in [0.15, 0.2) is 0 Å². The lowest BCUT2D eigenvalue weighted by molar-refractivity contribution is 0.210. The van der Waals surface area contributed by atoms with Crippen molar-refractivity contribution in [3.8, 4) is 0 Å². The summed E-state index contributed by atoms with van der Waals surface area (Å²) in [5.74, 6) is 0. The molecule has 2 aromatic heterocycles. The van der Waals surface area contributed by atoms with Crippen molar-refractivity contribution in [3.05, 3.63) is 103 Å². The number of aromatic nitrogens is 2. The highest BCUT2D eigenvalue weighted by Gasteiger charge is 2.16. The molecule has 5 heteroatoms. The Morgan fingerprint density at radius 3 is 2.48 bits per heavy atom. The summed E-state index contributed by atoms with van der Waals surface area (Å²) in [6.45, 7) is 1.09. The van der Waals surface area contributed by atoms with Crippen LogP contribution in [0.1, 0.15) is 11.1 Å². The molecule has 0 saturated carbocycles. The summed E-state index contributed by atoms with van der Waals surface area (Å²) in [5.41, 5.74) is 3.69. The van der Waals surface area contributed by atoms with E-state index in [2.05, 4.69) is 27.4 Å². The average Bonchev–Trinajstić information content (AvgIpc) is 2.78. The second-order valence-electron chi connectivity index (χ2n) is 6.83. The molecule has 29 heavy (non-hydrogen) atoms. The number of hydrogen-bond acceptors (Lipinski definition) is 3. The van der Waals surface area contributed by atoms with Crippen LogP contribution in [0.4, 0.5) is 10.5 Å². The number of anilines is 1. The molecule has 0 aliphatic rings. The van der Waals surface area contributed by atoms with E-state index in [9.17, 15) is 4.79 Å². The van der Waals surface area contributed by atoms with Crippen molar-refractivity contribution in [1.29, 1.82) is 0 Å². The van der Waals surface area contributed by atoms with Crippen LogP contribution < -0.4 is 5.32 Å². The van der Waals surface area contributed by atoms with Crippen LogP contribution >= 0.6 is 0 Å². The molecule has 144 valence electrons. The molecule has 0 radical (unpaired) electrons. The van der Waals surface area contributed by atoms with Gasteiger partial charge in [0, 0.05) is 37.1 Å². The molecule has 2 amide bonds. The van der Waals surface area contributed by atoms with E-state index in [1.54, 1.807) is 18.6 Å². The predicted octanol–water partition coefficient (Wildman–Crippen LogP) is 4.91. The SMILES string of the molecule is O=C(Nc1cccc2cccnc12)N(CCc1ccccc1)Cc1cccnc1. The van der Waals surface area contributed by atoms with Crippen LogP contribution in [-0.4, -0.2) is 27.4 Å². The number of carbonyl (C=O) groups is 1. The third-order valence-electron chi connectivity index (χ3n) is 4.77. The number of rotatable bonds is 6. The van der Waals surface area contributed by atoms with Gasteiger partial charge in [-0.2, -0.15) is 0 Å². The monoisotopic (exact) mass is 382 g/mol. The highest BCUT2D eigenvalue weighted by atomic mass is 16.2. The first-order valence-electron chi connectivity index (χ1n) is 9.62. The highest BCUT2D eigenvalue weighted by Crippen LogP contribution is 2.21. The molecule has 0 fully saturated rings. The number of benzene rings is 2. The lowest BCUT2D eigenvalue weighted by Gasteiger charge is -2.23. The van der Waals surface area contributed by atoms with Crippen LogP contribution in [0.15, 0.2) is 91.4 Å². The quantitative estimate of drug-likeness (QED) is 0.516. The number of nitrogens with zero attached hydrogens (tertiary/aromatic N) is 3. The van der Waals surface area contributed by atoms with E-state index in [0.29, 0.717) is 18.8 Å². The minimum absolute atomic E-state index is 0.150. The van der Waals surface area contributed by atoms with Crippen molar-refractivity contribution >= 4 is 22.6 Å². The molecule has 4 aromatic rings. The smallest absolute Gasteiger partial charge is 0.320 e. The van der Waals surface area contributed by atoms with E-state index in [0.717, 1.165) is 22.9 Å². The van der Waals surface area contributed by atoms with E-state index in [4.69, 9.17) is 0 Å². The lowest BCUT2D eigenvalue weighted by atomic mass is 10.1. The Kier molecular flexibility index (Phi) is 5.76. The fraction of sp³-hybridized carbons (Fsp3) is 0.125. The van der Waals surface area contributed by atoms with Gasteiger partial charge in [-0.3, -0.25) is 9.97 Å². The van der Waals surface area contributed by atoms with Crippen LogP contribution in [0.25, 0.3) is 10.9 Å². The van der Waals surface area contributed by atoms with Crippen molar-refractivity contribution < 1.29 is 4.79 Å². The second-order valence-corrected chi connectivity index (χ2v) is 6.83. The number of amides is 2. The van der Waals surface area contributed by atoms with E-state index >= 15 is 0 Å².